The first-order valence-electron chi connectivity index (χ1n) is 3.17. The molecule has 4 heteroatoms. The van der Waals surface area contributed by atoms with E-state index in [4.69, 9.17) is 10.2 Å². The van der Waals surface area contributed by atoms with E-state index in [2.05, 4.69) is 0 Å². The Balaban J connectivity index is 0.00000121. The highest BCUT2D eigenvalue weighted by atomic mass is 35.5. The Morgan fingerprint density at radius 2 is 1.75 bits per heavy atom. The molecule has 0 saturated carbocycles. The van der Waals surface area contributed by atoms with Gasteiger partial charge >= 0.3 is 5.97 Å². The molecule has 0 heterocycles. The normalized spacial score (nSPS) is 11.4. The second kappa shape index (κ2) is 4.74. The SMILES string of the molecule is Cl.O=C(O)[C@H](O)c1ccccc1. The second-order valence-corrected chi connectivity index (χ2v) is 2.15. The Labute approximate surface area is 76.1 Å². The fourth-order valence-electron chi connectivity index (χ4n) is 0.778. The lowest BCUT2D eigenvalue weighted by atomic mass is 10.1. The van der Waals surface area contributed by atoms with E-state index >= 15 is 0 Å². The van der Waals surface area contributed by atoms with Crippen molar-refractivity contribution in [3.8, 4) is 0 Å². The summed E-state index contributed by atoms with van der Waals surface area (Å²) in [6, 6.07) is 8.26. The smallest absolute Gasteiger partial charge is 0.337 e. The number of hydrogen-bond acceptors (Lipinski definition) is 2. The minimum absolute atomic E-state index is 0. The topological polar surface area (TPSA) is 57.5 Å². The maximum Gasteiger partial charge on any atom is 0.337 e. The molecule has 12 heavy (non-hydrogen) atoms. The molecular formula is C8H9ClO3. The molecule has 0 aromatic heterocycles. The quantitative estimate of drug-likeness (QED) is 0.734. The molecule has 0 aliphatic heterocycles. The van der Waals surface area contributed by atoms with Crippen LogP contribution in [-0.4, -0.2) is 16.2 Å². The Bertz CT molecular complexity index is 248. The first-order chi connectivity index (χ1) is 5.22. The lowest BCUT2D eigenvalue weighted by Crippen LogP contribution is -2.09. The number of carboxylic acids is 1. The summed E-state index contributed by atoms with van der Waals surface area (Å²) in [5.41, 5.74) is 0.403. The van der Waals surface area contributed by atoms with Crippen molar-refractivity contribution < 1.29 is 15.0 Å². The maximum atomic E-state index is 10.2. The summed E-state index contributed by atoms with van der Waals surface area (Å²) in [5.74, 6) is -1.23. The van der Waals surface area contributed by atoms with Gasteiger partial charge in [-0.05, 0) is 5.56 Å². The fraction of sp³-hybridized carbons (Fsp3) is 0.125. The van der Waals surface area contributed by atoms with E-state index < -0.39 is 12.1 Å². The van der Waals surface area contributed by atoms with E-state index in [9.17, 15) is 4.79 Å². The van der Waals surface area contributed by atoms with E-state index in [-0.39, 0.29) is 12.4 Å². The molecule has 3 nitrogen and oxygen atoms in total. The first-order valence-corrected chi connectivity index (χ1v) is 3.17. The standard InChI is InChI=1S/C8H8O3.ClH/c9-7(8(10)11)6-4-2-1-3-5-6;/h1-5,7,9H,(H,10,11);1H/t7-;/m1./s1. The second-order valence-electron chi connectivity index (χ2n) is 2.15. The third kappa shape index (κ3) is 2.53. The highest BCUT2D eigenvalue weighted by molar-refractivity contribution is 5.85. The highest BCUT2D eigenvalue weighted by Crippen LogP contribution is 2.10. The number of aliphatic hydroxyl groups excluding tert-OH is 1. The number of rotatable bonds is 2. The molecule has 1 aromatic rings. The predicted molar refractivity (Wildman–Crippen MR) is 46.3 cm³/mol. The summed E-state index contributed by atoms with van der Waals surface area (Å²) in [5, 5.41) is 17.4. The molecule has 0 unspecified atom stereocenters. The minimum Gasteiger partial charge on any atom is -0.479 e. The third-order valence-corrected chi connectivity index (χ3v) is 1.35. The van der Waals surface area contributed by atoms with Crippen molar-refractivity contribution in [3.63, 3.8) is 0 Å². The molecular weight excluding hydrogens is 180 g/mol. The molecule has 0 fully saturated rings. The largest absolute Gasteiger partial charge is 0.479 e. The maximum absolute atomic E-state index is 10.2. The van der Waals surface area contributed by atoms with Crippen LogP contribution in [0.5, 0.6) is 0 Å². The molecule has 1 atom stereocenters. The van der Waals surface area contributed by atoms with Gasteiger partial charge in [0, 0.05) is 0 Å². The Morgan fingerprint density at radius 1 is 1.25 bits per heavy atom. The summed E-state index contributed by atoms with van der Waals surface area (Å²) in [4.78, 5) is 10.2. The number of carbonyl (C=O) groups is 1. The van der Waals surface area contributed by atoms with Crippen molar-refractivity contribution in [3.05, 3.63) is 35.9 Å². The van der Waals surface area contributed by atoms with Gasteiger partial charge in [0.2, 0.25) is 0 Å². The van der Waals surface area contributed by atoms with Gasteiger partial charge in [-0.25, -0.2) is 4.79 Å². The lowest BCUT2D eigenvalue weighted by Gasteiger charge is -2.03. The lowest BCUT2D eigenvalue weighted by molar-refractivity contribution is -0.146. The monoisotopic (exact) mass is 188 g/mol. The summed E-state index contributed by atoms with van der Waals surface area (Å²) >= 11 is 0. The van der Waals surface area contributed by atoms with Crippen molar-refractivity contribution in [1.82, 2.24) is 0 Å². The molecule has 66 valence electrons. The number of aliphatic carboxylic acids is 1. The van der Waals surface area contributed by atoms with Gasteiger partial charge in [0.1, 0.15) is 0 Å². The van der Waals surface area contributed by atoms with Gasteiger partial charge in [0.05, 0.1) is 0 Å². The minimum atomic E-state index is -1.41. The van der Waals surface area contributed by atoms with Crippen molar-refractivity contribution in [2.75, 3.05) is 0 Å². The van der Waals surface area contributed by atoms with Crippen LogP contribution in [0, 0.1) is 0 Å². The highest BCUT2D eigenvalue weighted by Gasteiger charge is 2.14. The van der Waals surface area contributed by atoms with E-state index in [1.54, 1.807) is 30.3 Å². The molecule has 1 rings (SSSR count). The average Bonchev–Trinajstić information content (AvgIpc) is 2.05. The van der Waals surface area contributed by atoms with E-state index in [1.165, 1.54) is 0 Å². The zero-order valence-electron chi connectivity index (χ0n) is 6.18. The van der Waals surface area contributed by atoms with Crippen LogP contribution in [0.25, 0.3) is 0 Å². The predicted octanol–water partition coefficient (Wildman–Crippen LogP) is 1.23. The van der Waals surface area contributed by atoms with Crippen LogP contribution in [0.3, 0.4) is 0 Å². The van der Waals surface area contributed by atoms with Crippen LogP contribution >= 0.6 is 12.4 Å². The van der Waals surface area contributed by atoms with Gasteiger partial charge in [-0.2, -0.15) is 0 Å². The summed E-state index contributed by atoms with van der Waals surface area (Å²) in [7, 11) is 0. The molecule has 0 bridgehead atoms. The molecule has 0 spiro atoms. The van der Waals surface area contributed by atoms with Crippen LogP contribution in [0.1, 0.15) is 11.7 Å². The number of benzene rings is 1. The van der Waals surface area contributed by atoms with Crippen LogP contribution in [0.4, 0.5) is 0 Å². The van der Waals surface area contributed by atoms with Gasteiger partial charge in [-0.1, -0.05) is 30.3 Å². The molecule has 0 aliphatic carbocycles. The molecule has 1 aromatic carbocycles. The average molecular weight is 189 g/mol. The number of halogens is 1. The third-order valence-electron chi connectivity index (χ3n) is 1.35. The Morgan fingerprint density at radius 3 is 2.17 bits per heavy atom. The van der Waals surface area contributed by atoms with E-state index in [1.807, 2.05) is 0 Å². The van der Waals surface area contributed by atoms with Crippen LogP contribution in [-0.2, 0) is 4.79 Å². The van der Waals surface area contributed by atoms with Gasteiger partial charge in [0.25, 0.3) is 0 Å². The van der Waals surface area contributed by atoms with Gasteiger partial charge in [-0.15, -0.1) is 12.4 Å². The van der Waals surface area contributed by atoms with Gasteiger partial charge in [-0.3, -0.25) is 0 Å². The van der Waals surface area contributed by atoms with E-state index in [0.717, 1.165) is 0 Å². The summed E-state index contributed by atoms with van der Waals surface area (Å²) in [6.45, 7) is 0. The Kier molecular flexibility index (Phi) is 4.33. The fourth-order valence-corrected chi connectivity index (χ4v) is 0.778. The molecule has 0 radical (unpaired) electrons. The Hall–Kier alpha value is -1.06. The van der Waals surface area contributed by atoms with Crippen LogP contribution < -0.4 is 0 Å². The molecule has 2 N–H and O–H groups in total. The molecule has 0 aliphatic rings. The summed E-state index contributed by atoms with van der Waals surface area (Å²) in [6.07, 6.45) is -1.41. The molecule has 0 saturated heterocycles. The number of hydrogen-bond donors (Lipinski definition) is 2. The zero-order valence-corrected chi connectivity index (χ0v) is 6.99. The van der Waals surface area contributed by atoms with Crippen molar-refractivity contribution >= 4 is 18.4 Å². The van der Waals surface area contributed by atoms with Crippen molar-refractivity contribution in [2.45, 2.75) is 6.10 Å². The number of carboxylic acid groups (broad SMARTS) is 1. The molecule has 0 amide bonds. The number of aliphatic hydroxyl groups is 1. The van der Waals surface area contributed by atoms with Crippen LogP contribution in [0.2, 0.25) is 0 Å². The van der Waals surface area contributed by atoms with Gasteiger partial charge < -0.3 is 10.2 Å². The van der Waals surface area contributed by atoms with Crippen LogP contribution in [0.15, 0.2) is 30.3 Å². The summed E-state index contributed by atoms with van der Waals surface area (Å²) < 4.78 is 0. The van der Waals surface area contributed by atoms with Crippen molar-refractivity contribution in [2.24, 2.45) is 0 Å². The zero-order chi connectivity index (χ0) is 8.27. The first kappa shape index (κ1) is 10.9. The van der Waals surface area contributed by atoms with Gasteiger partial charge in [0.15, 0.2) is 6.10 Å². The van der Waals surface area contributed by atoms with E-state index in [0.29, 0.717) is 5.56 Å². The van der Waals surface area contributed by atoms with Crippen molar-refractivity contribution in [1.29, 1.82) is 0 Å².